The van der Waals surface area contributed by atoms with E-state index in [0.717, 1.165) is 42.5 Å². The van der Waals surface area contributed by atoms with Crippen LogP contribution in [0.3, 0.4) is 0 Å². The molecule has 0 radical (unpaired) electrons. The van der Waals surface area contributed by atoms with Gasteiger partial charge in [-0.25, -0.2) is 9.97 Å². The van der Waals surface area contributed by atoms with Crippen LogP contribution in [-0.4, -0.2) is 39.3 Å². The molecule has 1 atom stereocenters. The van der Waals surface area contributed by atoms with Crippen LogP contribution >= 0.6 is 0 Å². The zero-order valence-electron chi connectivity index (χ0n) is 21.4. The van der Waals surface area contributed by atoms with E-state index in [1.54, 1.807) is 11.1 Å². The van der Waals surface area contributed by atoms with Crippen LogP contribution in [0.4, 0.5) is 5.82 Å². The summed E-state index contributed by atoms with van der Waals surface area (Å²) in [5, 5.41) is 0. The smallest absolute Gasteiger partial charge is 0.254 e. The highest BCUT2D eigenvalue weighted by Gasteiger charge is 2.30. The van der Waals surface area contributed by atoms with E-state index in [1.807, 2.05) is 47.4 Å². The Morgan fingerprint density at radius 2 is 1.86 bits per heavy atom. The predicted octanol–water partition coefficient (Wildman–Crippen LogP) is 5.76. The number of hydrogen-bond donors (Lipinski definition) is 0. The summed E-state index contributed by atoms with van der Waals surface area (Å²) in [4.78, 5) is 39.3. The van der Waals surface area contributed by atoms with Gasteiger partial charge in [0.15, 0.2) is 5.82 Å². The van der Waals surface area contributed by atoms with Crippen LogP contribution in [-0.2, 0) is 17.8 Å². The summed E-state index contributed by atoms with van der Waals surface area (Å²) in [6.45, 7) is 7.72. The third kappa shape index (κ3) is 4.64. The number of fused-ring (bicyclic) bond motifs is 1. The SMILES string of the molecule is CCC1CCCCN1C(=O)c1ccc(CN2C(=O)Cc3cnc(-c4ccccc4C(C)C)nc32)cc1. The molecule has 3 aromatic rings. The Morgan fingerprint density at radius 3 is 2.61 bits per heavy atom. The van der Waals surface area contributed by atoms with Gasteiger partial charge in [-0.1, -0.05) is 57.2 Å². The number of piperidine rings is 1. The number of benzene rings is 2. The molecule has 6 nitrogen and oxygen atoms in total. The Bertz CT molecular complexity index is 1270. The van der Waals surface area contributed by atoms with Crippen LogP contribution in [0.1, 0.15) is 79.4 Å². The van der Waals surface area contributed by atoms with Crippen molar-refractivity contribution in [3.8, 4) is 11.4 Å². The van der Waals surface area contributed by atoms with Crippen molar-refractivity contribution in [2.75, 3.05) is 11.4 Å². The topological polar surface area (TPSA) is 66.4 Å². The lowest BCUT2D eigenvalue weighted by Crippen LogP contribution is -2.43. The normalized spacial score (nSPS) is 17.6. The van der Waals surface area contributed by atoms with Gasteiger partial charge in [0.2, 0.25) is 5.91 Å². The van der Waals surface area contributed by atoms with E-state index in [1.165, 1.54) is 12.0 Å². The molecular formula is C30H34N4O2. The molecule has 5 rings (SSSR count). The first-order valence-corrected chi connectivity index (χ1v) is 13.1. The number of nitrogens with zero attached hydrogens (tertiary/aromatic N) is 4. The lowest BCUT2D eigenvalue weighted by atomic mass is 9.97. The van der Waals surface area contributed by atoms with E-state index < -0.39 is 0 Å². The molecule has 1 saturated heterocycles. The quantitative estimate of drug-likeness (QED) is 0.448. The van der Waals surface area contributed by atoms with Gasteiger partial charge in [-0.05, 0) is 54.9 Å². The summed E-state index contributed by atoms with van der Waals surface area (Å²) in [7, 11) is 0. The molecule has 1 fully saturated rings. The molecular weight excluding hydrogens is 448 g/mol. The van der Waals surface area contributed by atoms with Gasteiger partial charge >= 0.3 is 0 Å². The Balaban J connectivity index is 1.37. The maximum Gasteiger partial charge on any atom is 0.254 e. The predicted molar refractivity (Wildman–Crippen MR) is 142 cm³/mol. The van der Waals surface area contributed by atoms with Gasteiger partial charge in [0, 0.05) is 35.5 Å². The van der Waals surface area contributed by atoms with Crippen LogP contribution in [0.2, 0.25) is 0 Å². The van der Waals surface area contributed by atoms with Gasteiger partial charge in [0.05, 0.1) is 13.0 Å². The maximum absolute atomic E-state index is 13.1. The number of amides is 2. The van der Waals surface area contributed by atoms with Crippen LogP contribution in [0.15, 0.2) is 54.7 Å². The van der Waals surface area contributed by atoms with E-state index in [9.17, 15) is 9.59 Å². The Kier molecular flexibility index (Phi) is 6.86. The van der Waals surface area contributed by atoms with E-state index in [4.69, 9.17) is 4.98 Å². The minimum Gasteiger partial charge on any atom is -0.336 e. The second kappa shape index (κ2) is 10.2. The molecule has 6 heteroatoms. The summed E-state index contributed by atoms with van der Waals surface area (Å²) in [5.74, 6) is 1.80. The van der Waals surface area contributed by atoms with Gasteiger partial charge < -0.3 is 4.90 Å². The standard InChI is InChI=1S/C30H34N4O2/c1-4-24-9-7-8-16-33(24)30(36)22-14-12-21(13-15-22)19-34-27(35)17-23-18-31-28(32-29(23)34)26-11-6-5-10-25(26)20(2)3/h5-6,10-15,18,20,24H,4,7-9,16-17,19H2,1-3H3. The number of carbonyl (C=O) groups is 2. The molecule has 0 aliphatic carbocycles. The number of rotatable bonds is 6. The van der Waals surface area contributed by atoms with Gasteiger partial charge in [-0.2, -0.15) is 0 Å². The van der Waals surface area contributed by atoms with Gasteiger partial charge in [-0.15, -0.1) is 0 Å². The summed E-state index contributed by atoms with van der Waals surface area (Å²) < 4.78 is 0. The lowest BCUT2D eigenvalue weighted by molar-refractivity contribution is -0.117. The minimum absolute atomic E-state index is 0.0212. The van der Waals surface area contributed by atoms with E-state index in [2.05, 4.69) is 31.8 Å². The van der Waals surface area contributed by atoms with Crippen molar-refractivity contribution < 1.29 is 9.59 Å². The molecule has 186 valence electrons. The first-order chi connectivity index (χ1) is 17.5. The molecule has 0 spiro atoms. The molecule has 2 aromatic carbocycles. The summed E-state index contributed by atoms with van der Waals surface area (Å²) in [5.41, 5.74) is 4.73. The van der Waals surface area contributed by atoms with Crippen molar-refractivity contribution in [2.24, 2.45) is 0 Å². The Labute approximate surface area is 213 Å². The molecule has 0 N–H and O–H groups in total. The van der Waals surface area contributed by atoms with Crippen LogP contribution in [0, 0.1) is 0 Å². The van der Waals surface area contributed by atoms with Gasteiger partial charge in [-0.3, -0.25) is 14.5 Å². The number of anilines is 1. The third-order valence-electron chi connectivity index (χ3n) is 7.46. The number of carbonyl (C=O) groups excluding carboxylic acids is 2. The Hall–Kier alpha value is -3.54. The average Bonchev–Trinajstić information content (AvgIpc) is 3.22. The van der Waals surface area contributed by atoms with E-state index >= 15 is 0 Å². The zero-order valence-corrected chi connectivity index (χ0v) is 21.4. The second-order valence-electron chi connectivity index (χ2n) is 10.2. The maximum atomic E-state index is 13.1. The number of likely N-dealkylation sites (tertiary alicyclic amines) is 1. The zero-order chi connectivity index (χ0) is 25.2. The molecule has 2 aliphatic heterocycles. The molecule has 2 aliphatic rings. The van der Waals surface area contributed by atoms with E-state index in [0.29, 0.717) is 42.1 Å². The van der Waals surface area contributed by atoms with Crippen molar-refractivity contribution in [1.82, 2.24) is 14.9 Å². The monoisotopic (exact) mass is 482 g/mol. The molecule has 3 heterocycles. The van der Waals surface area contributed by atoms with Gasteiger partial charge in [0.25, 0.3) is 5.91 Å². The highest BCUT2D eigenvalue weighted by atomic mass is 16.2. The third-order valence-corrected chi connectivity index (χ3v) is 7.46. The minimum atomic E-state index is 0.0212. The van der Waals surface area contributed by atoms with Gasteiger partial charge in [0.1, 0.15) is 5.82 Å². The van der Waals surface area contributed by atoms with Crippen molar-refractivity contribution in [3.63, 3.8) is 0 Å². The molecule has 0 saturated carbocycles. The van der Waals surface area contributed by atoms with Crippen LogP contribution in [0.5, 0.6) is 0 Å². The fourth-order valence-electron chi connectivity index (χ4n) is 5.42. The molecule has 1 unspecified atom stereocenters. The highest BCUT2D eigenvalue weighted by Crippen LogP contribution is 2.33. The first kappa shape index (κ1) is 24.2. The van der Waals surface area contributed by atoms with Crippen LogP contribution < -0.4 is 4.90 Å². The molecule has 2 amide bonds. The summed E-state index contributed by atoms with van der Waals surface area (Å²) >= 11 is 0. The largest absolute Gasteiger partial charge is 0.336 e. The first-order valence-electron chi connectivity index (χ1n) is 13.1. The Morgan fingerprint density at radius 1 is 1.08 bits per heavy atom. The average molecular weight is 483 g/mol. The fourth-order valence-corrected chi connectivity index (χ4v) is 5.42. The highest BCUT2D eigenvalue weighted by molar-refractivity contribution is 6.00. The van der Waals surface area contributed by atoms with Crippen molar-refractivity contribution in [1.29, 1.82) is 0 Å². The molecule has 0 bridgehead atoms. The molecule has 36 heavy (non-hydrogen) atoms. The van der Waals surface area contributed by atoms with Crippen molar-refractivity contribution >= 4 is 17.6 Å². The number of aromatic nitrogens is 2. The van der Waals surface area contributed by atoms with E-state index in [-0.39, 0.29) is 11.8 Å². The molecule has 1 aromatic heterocycles. The van der Waals surface area contributed by atoms with Crippen molar-refractivity contribution in [3.05, 3.63) is 77.0 Å². The van der Waals surface area contributed by atoms with Crippen LogP contribution in [0.25, 0.3) is 11.4 Å². The summed E-state index contributed by atoms with van der Waals surface area (Å²) in [6.07, 6.45) is 6.44. The summed E-state index contributed by atoms with van der Waals surface area (Å²) in [6, 6.07) is 16.2. The number of hydrogen-bond acceptors (Lipinski definition) is 4. The lowest BCUT2D eigenvalue weighted by Gasteiger charge is -2.35. The fraction of sp³-hybridized carbons (Fsp3) is 0.400. The second-order valence-corrected chi connectivity index (χ2v) is 10.2. The van der Waals surface area contributed by atoms with Crippen molar-refractivity contribution in [2.45, 2.75) is 71.4 Å².